The fourth-order valence-corrected chi connectivity index (χ4v) is 2.37. The Morgan fingerprint density at radius 1 is 1.12 bits per heavy atom. The largest absolute Gasteiger partial charge is 0.508 e. The van der Waals surface area contributed by atoms with Gasteiger partial charge in [0, 0.05) is 18.7 Å². The van der Waals surface area contributed by atoms with Gasteiger partial charge in [-0.3, -0.25) is 0 Å². The number of benzene rings is 1. The SMILES string of the molecule is CC(COCCCCCOc1c(Cl)cc(O)cc1Cl)=NOC(C)C. The highest BCUT2D eigenvalue weighted by molar-refractivity contribution is 6.37. The van der Waals surface area contributed by atoms with Crippen LogP contribution in [-0.4, -0.2) is 36.7 Å². The Morgan fingerprint density at radius 3 is 2.38 bits per heavy atom. The maximum absolute atomic E-state index is 9.36. The number of halogens is 2. The van der Waals surface area contributed by atoms with Gasteiger partial charge in [0.2, 0.25) is 0 Å². The number of oxime groups is 1. The number of unbranched alkanes of at least 4 members (excludes halogenated alkanes) is 2. The first-order valence-electron chi connectivity index (χ1n) is 7.98. The molecule has 0 radical (unpaired) electrons. The third-order valence-corrected chi connectivity index (χ3v) is 3.45. The molecule has 0 aliphatic rings. The van der Waals surface area contributed by atoms with Crippen molar-refractivity contribution in [2.45, 2.75) is 46.1 Å². The van der Waals surface area contributed by atoms with Crippen molar-refractivity contribution < 1.29 is 19.4 Å². The zero-order chi connectivity index (χ0) is 17.9. The lowest BCUT2D eigenvalue weighted by molar-refractivity contribution is 0.0819. The molecule has 0 unspecified atom stereocenters. The number of phenols is 1. The van der Waals surface area contributed by atoms with Crippen molar-refractivity contribution in [3.05, 3.63) is 22.2 Å². The van der Waals surface area contributed by atoms with E-state index in [9.17, 15) is 5.11 Å². The summed E-state index contributed by atoms with van der Waals surface area (Å²) in [5.41, 5.74) is 0.823. The van der Waals surface area contributed by atoms with Gasteiger partial charge in [-0.25, -0.2) is 0 Å². The predicted molar refractivity (Wildman–Crippen MR) is 97.6 cm³/mol. The van der Waals surface area contributed by atoms with Crippen LogP contribution in [0.1, 0.15) is 40.0 Å². The monoisotopic (exact) mass is 377 g/mol. The van der Waals surface area contributed by atoms with Crippen LogP contribution >= 0.6 is 23.2 Å². The lowest BCUT2D eigenvalue weighted by Gasteiger charge is -2.10. The highest BCUT2D eigenvalue weighted by Crippen LogP contribution is 2.36. The molecule has 0 aromatic heterocycles. The van der Waals surface area contributed by atoms with E-state index in [0.29, 0.717) is 35.6 Å². The summed E-state index contributed by atoms with van der Waals surface area (Å²) in [5, 5.41) is 13.9. The molecule has 0 heterocycles. The summed E-state index contributed by atoms with van der Waals surface area (Å²) in [6, 6.07) is 2.81. The first-order valence-corrected chi connectivity index (χ1v) is 8.73. The Morgan fingerprint density at radius 2 is 1.75 bits per heavy atom. The number of hydrogen-bond acceptors (Lipinski definition) is 5. The third-order valence-electron chi connectivity index (χ3n) is 2.89. The predicted octanol–water partition coefficient (Wildman–Crippen LogP) is 5.07. The molecule has 1 rings (SSSR count). The van der Waals surface area contributed by atoms with E-state index in [0.717, 1.165) is 25.0 Å². The topological polar surface area (TPSA) is 60.3 Å². The molecule has 1 aromatic carbocycles. The standard InChI is InChI=1S/C17H25Cl2NO4/c1-12(2)24-20-13(3)11-22-7-5-4-6-8-23-17-15(18)9-14(21)10-16(17)19/h9-10,12,21H,4-8,11H2,1-3H3. The molecule has 136 valence electrons. The molecule has 1 N–H and O–H groups in total. The van der Waals surface area contributed by atoms with Gasteiger partial charge in [0.15, 0.2) is 5.75 Å². The minimum atomic E-state index is 0.0205. The van der Waals surface area contributed by atoms with Gasteiger partial charge in [-0.15, -0.1) is 0 Å². The Balaban J connectivity index is 2.10. The van der Waals surface area contributed by atoms with E-state index < -0.39 is 0 Å². The molecule has 24 heavy (non-hydrogen) atoms. The second-order valence-electron chi connectivity index (χ2n) is 5.68. The smallest absolute Gasteiger partial charge is 0.156 e. The Hall–Kier alpha value is -1.17. The molecule has 0 fully saturated rings. The van der Waals surface area contributed by atoms with Crippen LogP contribution in [0.4, 0.5) is 0 Å². The molecular formula is C17H25Cl2NO4. The van der Waals surface area contributed by atoms with E-state index in [-0.39, 0.29) is 11.9 Å². The van der Waals surface area contributed by atoms with Crippen molar-refractivity contribution in [3.63, 3.8) is 0 Å². The minimum Gasteiger partial charge on any atom is -0.508 e. The molecule has 0 aliphatic carbocycles. The summed E-state index contributed by atoms with van der Waals surface area (Å²) in [6.45, 7) is 7.38. The van der Waals surface area contributed by atoms with Gasteiger partial charge in [0.05, 0.1) is 29.0 Å². The number of phenolic OH excluding ortho intramolecular Hbond substituents is 1. The van der Waals surface area contributed by atoms with Crippen molar-refractivity contribution in [1.82, 2.24) is 0 Å². The first-order chi connectivity index (χ1) is 11.4. The van der Waals surface area contributed by atoms with Gasteiger partial charge in [-0.2, -0.15) is 0 Å². The highest BCUT2D eigenvalue weighted by Gasteiger charge is 2.09. The number of nitrogens with zero attached hydrogens (tertiary/aromatic N) is 1. The molecule has 0 saturated heterocycles. The molecule has 0 spiro atoms. The van der Waals surface area contributed by atoms with E-state index in [4.69, 9.17) is 37.5 Å². The second kappa shape index (κ2) is 11.4. The molecule has 0 bridgehead atoms. The van der Waals surface area contributed by atoms with Gasteiger partial charge in [-0.1, -0.05) is 28.4 Å². The summed E-state index contributed by atoms with van der Waals surface area (Å²) in [4.78, 5) is 5.14. The fourth-order valence-electron chi connectivity index (χ4n) is 1.78. The van der Waals surface area contributed by atoms with Crippen molar-refractivity contribution in [3.8, 4) is 11.5 Å². The second-order valence-corrected chi connectivity index (χ2v) is 6.50. The quantitative estimate of drug-likeness (QED) is 0.332. The lowest BCUT2D eigenvalue weighted by atomic mass is 10.2. The van der Waals surface area contributed by atoms with Gasteiger partial charge in [-0.05, 0) is 40.0 Å². The minimum absolute atomic E-state index is 0.0205. The Kier molecular flexibility index (Phi) is 9.91. The van der Waals surface area contributed by atoms with Crippen LogP contribution in [0.3, 0.4) is 0 Å². The molecule has 7 heteroatoms. The van der Waals surface area contributed by atoms with E-state index in [1.807, 2.05) is 20.8 Å². The zero-order valence-electron chi connectivity index (χ0n) is 14.3. The van der Waals surface area contributed by atoms with E-state index in [1.54, 1.807) is 0 Å². The van der Waals surface area contributed by atoms with Crippen molar-refractivity contribution in [2.24, 2.45) is 5.16 Å². The molecule has 0 aliphatic heterocycles. The Labute approximate surface area is 153 Å². The number of ether oxygens (including phenoxy) is 2. The zero-order valence-corrected chi connectivity index (χ0v) is 15.9. The van der Waals surface area contributed by atoms with Crippen LogP contribution in [0.15, 0.2) is 17.3 Å². The maximum Gasteiger partial charge on any atom is 0.156 e. The van der Waals surface area contributed by atoms with E-state index in [2.05, 4.69) is 5.16 Å². The van der Waals surface area contributed by atoms with Crippen LogP contribution < -0.4 is 4.74 Å². The lowest BCUT2D eigenvalue weighted by Crippen LogP contribution is -2.08. The van der Waals surface area contributed by atoms with E-state index >= 15 is 0 Å². The molecule has 0 saturated carbocycles. The number of aromatic hydroxyl groups is 1. The Bertz CT molecular complexity index is 512. The van der Waals surface area contributed by atoms with Crippen molar-refractivity contribution in [2.75, 3.05) is 19.8 Å². The van der Waals surface area contributed by atoms with Crippen molar-refractivity contribution in [1.29, 1.82) is 0 Å². The van der Waals surface area contributed by atoms with Gasteiger partial charge >= 0.3 is 0 Å². The molecular weight excluding hydrogens is 353 g/mol. The summed E-state index contributed by atoms with van der Waals surface area (Å²) in [7, 11) is 0. The maximum atomic E-state index is 9.36. The molecule has 0 amide bonds. The summed E-state index contributed by atoms with van der Waals surface area (Å²) >= 11 is 12.0. The van der Waals surface area contributed by atoms with Gasteiger partial charge < -0.3 is 19.4 Å². The molecule has 1 aromatic rings. The normalized spacial score (nSPS) is 11.8. The fraction of sp³-hybridized carbons (Fsp3) is 0.588. The summed E-state index contributed by atoms with van der Waals surface area (Å²) < 4.78 is 11.1. The average molecular weight is 378 g/mol. The van der Waals surface area contributed by atoms with Crippen LogP contribution in [0.5, 0.6) is 11.5 Å². The van der Waals surface area contributed by atoms with Gasteiger partial charge in [0.1, 0.15) is 11.9 Å². The van der Waals surface area contributed by atoms with Crippen LogP contribution in [0, 0.1) is 0 Å². The van der Waals surface area contributed by atoms with E-state index in [1.165, 1.54) is 12.1 Å². The number of rotatable bonds is 11. The van der Waals surface area contributed by atoms with Crippen molar-refractivity contribution >= 4 is 28.9 Å². The number of hydrogen-bond donors (Lipinski definition) is 1. The third kappa shape index (κ3) is 8.62. The van der Waals surface area contributed by atoms with Gasteiger partial charge in [0.25, 0.3) is 0 Å². The first kappa shape index (κ1) is 20.9. The van der Waals surface area contributed by atoms with Crippen LogP contribution in [0.25, 0.3) is 0 Å². The summed E-state index contributed by atoms with van der Waals surface area (Å²) in [6.07, 6.45) is 2.83. The van der Waals surface area contributed by atoms with Crippen LogP contribution in [-0.2, 0) is 9.57 Å². The summed E-state index contributed by atoms with van der Waals surface area (Å²) in [5.74, 6) is 0.427. The highest BCUT2D eigenvalue weighted by atomic mass is 35.5. The average Bonchev–Trinajstić information content (AvgIpc) is 2.49. The molecule has 5 nitrogen and oxygen atoms in total. The van der Waals surface area contributed by atoms with Crippen LogP contribution in [0.2, 0.25) is 10.0 Å². The molecule has 0 atom stereocenters.